The van der Waals surface area contributed by atoms with E-state index < -0.39 is 0 Å². The molecule has 0 unspecified atom stereocenters. The van der Waals surface area contributed by atoms with E-state index >= 15 is 0 Å². The molecular formula is C45H29NOS. The topological polar surface area (TPSA) is 16.4 Å². The maximum absolute atomic E-state index is 6.99. The summed E-state index contributed by atoms with van der Waals surface area (Å²) in [7, 11) is 0. The lowest BCUT2D eigenvalue weighted by molar-refractivity contribution is 0.670. The van der Waals surface area contributed by atoms with Gasteiger partial charge >= 0.3 is 0 Å². The van der Waals surface area contributed by atoms with Gasteiger partial charge in [0.25, 0.3) is 0 Å². The van der Waals surface area contributed by atoms with Crippen molar-refractivity contribution in [3.8, 4) is 11.1 Å². The van der Waals surface area contributed by atoms with Crippen molar-refractivity contribution in [2.75, 3.05) is 4.90 Å². The fourth-order valence-electron chi connectivity index (χ4n) is 7.56. The van der Waals surface area contributed by atoms with E-state index in [-0.39, 0.29) is 0 Å². The zero-order chi connectivity index (χ0) is 31.8. The van der Waals surface area contributed by atoms with Crippen molar-refractivity contribution in [2.45, 2.75) is 6.92 Å². The van der Waals surface area contributed by atoms with Gasteiger partial charge in [0.05, 0.1) is 11.4 Å². The number of anilines is 3. The smallest absolute Gasteiger partial charge is 0.159 e. The molecule has 48 heavy (non-hydrogen) atoms. The molecule has 3 heteroatoms. The second-order valence-corrected chi connectivity index (χ2v) is 13.6. The average molecular weight is 632 g/mol. The molecule has 0 aliphatic rings. The first-order valence-electron chi connectivity index (χ1n) is 16.4. The molecule has 0 aliphatic carbocycles. The second kappa shape index (κ2) is 10.6. The summed E-state index contributed by atoms with van der Waals surface area (Å²) in [6.45, 7) is 2.20. The van der Waals surface area contributed by atoms with E-state index in [0.29, 0.717) is 0 Å². The molecule has 0 amide bonds. The van der Waals surface area contributed by atoms with Crippen LogP contribution in [0.1, 0.15) is 5.56 Å². The molecular weight excluding hydrogens is 603 g/mol. The van der Waals surface area contributed by atoms with E-state index in [9.17, 15) is 0 Å². The normalized spacial score (nSPS) is 11.9. The van der Waals surface area contributed by atoms with Gasteiger partial charge in [-0.1, -0.05) is 140 Å². The van der Waals surface area contributed by atoms with Crippen LogP contribution in [0.4, 0.5) is 17.1 Å². The summed E-state index contributed by atoms with van der Waals surface area (Å²) < 4.78 is 9.60. The Labute approximate surface area is 281 Å². The molecule has 226 valence electrons. The van der Waals surface area contributed by atoms with E-state index in [1.165, 1.54) is 47.3 Å². The average Bonchev–Trinajstić information content (AvgIpc) is 3.72. The lowest BCUT2D eigenvalue weighted by atomic mass is 9.99. The molecule has 2 aromatic heterocycles. The number of thiophene rings is 1. The van der Waals surface area contributed by atoms with Crippen molar-refractivity contribution in [3.05, 3.63) is 163 Å². The van der Waals surface area contributed by atoms with Gasteiger partial charge in [-0.05, 0) is 52.4 Å². The minimum absolute atomic E-state index is 0.880. The number of para-hydroxylation sites is 3. The third-order valence-corrected chi connectivity index (χ3v) is 11.0. The first-order valence-corrected chi connectivity index (χ1v) is 17.2. The maximum atomic E-state index is 6.99. The van der Waals surface area contributed by atoms with Crippen LogP contribution in [0.3, 0.4) is 0 Å². The standard InChI is InChI=1S/C45H29NOS/c1-28-13-5-10-23-38(28)46(39-24-12-22-36-35-21-11-20-31(43(35)47-44(36)39)29-14-3-2-4-15-29)40-27-41-42(34-19-9-8-18-33(34)40)37-26-25-30-16-6-7-17-32(30)45(37)48-41/h2-27H,1H3. The number of fused-ring (bicyclic) bond motifs is 10. The monoisotopic (exact) mass is 631 g/mol. The Morgan fingerprint density at radius 3 is 2.00 bits per heavy atom. The quantitative estimate of drug-likeness (QED) is 0.192. The molecule has 0 atom stereocenters. The Morgan fingerprint density at radius 1 is 0.479 bits per heavy atom. The Balaban J connectivity index is 1.31. The predicted octanol–water partition coefficient (Wildman–Crippen LogP) is 13.7. The van der Waals surface area contributed by atoms with Gasteiger partial charge in [-0.3, -0.25) is 0 Å². The van der Waals surface area contributed by atoms with E-state index in [2.05, 4.69) is 170 Å². The lowest BCUT2D eigenvalue weighted by Crippen LogP contribution is -2.12. The molecule has 0 aliphatic heterocycles. The number of hydrogen-bond acceptors (Lipinski definition) is 3. The molecule has 0 N–H and O–H groups in total. The fraction of sp³-hybridized carbons (Fsp3) is 0.0222. The third-order valence-electron chi connectivity index (χ3n) is 9.77. The molecule has 2 heterocycles. The SMILES string of the molecule is Cc1ccccc1N(c1cc2sc3c4ccccc4ccc3c2c2ccccc12)c1cccc2c1oc1c(-c3ccccc3)cccc12. The highest BCUT2D eigenvalue weighted by molar-refractivity contribution is 7.27. The summed E-state index contributed by atoms with van der Waals surface area (Å²) in [6, 6.07) is 56.8. The minimum atomic E-state index is 0.880. The number of furan rings is 1. The molecule has 0 radical (unpaired) electrons. The highest BCUT2D eigenvalue weighted by Gasteiger charge is 2.24. The van der Waals surface area contributed by atoms with Crippen LogP contribution in [0, 0.1) is 6.92 Å². The van der Waals surface area contributed by atoms with E-state index in [1.807, 2.05) is 11.3 Å². The van der Waals surface area contributed by atoms with Gasteiger partial charge in [0, 0.05) is 47.6 Å². The summed E-state index contributed by atoms with van der Waals surface area (Å²) in [6.07, 6.45) is 0. The van der Waals surface area contributed by atoms with Crippen LogP contribution in [0.25, 0.3) is 74.8 Å². The molecule has 0 saturated carbocycles. The Hall–Kier alpha value is -5.90. The molecule has 0 saturated heterocycles. The summed E-state index contributed by atoms with van der Waals surface area (Å²) in [5.41, 5.74) is 8.52. The lowest BCUT2D eigenvalue weighted by Gasteiger charge is -2.28. The van der Waals surface area contributed by atoms with Crippen molar-refractivity contribution < 1.29 is 4.42 Å². The van der Waals surface area contributed by atoms with Crippen LogP contribution >= 0.6 is 11.3 Å². The predicted molar refractivity (Wildman–Crippen MR) is 206 cm³/mol. The number of nitrogens with zero attached hydrogens (tertiary/aromatic N) is 1. The summed E-state index contributed by atoms with van der Waals surface area (Å²) in [5, 5.41) is 9.90. The molecule has 8 aromatic carbocycles. The van der Waals surface area contributed by atoms with Crippen molar-refractivity contribution in [1.29, 1.82) is 0 Å². The maximum Gasteiger partial charge on any atom is 0.159 e. The Kier molecular flexibility index (Phi) is 5.99. The van der Waals surface area contributed by atoms with Crippen LogP contribution in [0.5, 0.6) is 0 Å². The van der Waals surface area contributed by atoms with Crippen LogP contribution in [-0.2, 0) is 0 Å². The summed E-state index contributed by atoms with van der Waals surface area (Å²) in [5.74, 6) is 0. The van der Waals surface area contributed by atoms with Gasteiger partial charge < -0.3 is 9.32 Å². The largest absolute Gasteiger partial charge is 0.453 e. The zero-order valence-electron chi connectivity index (χ0n) is 26.3. The van der Waals surface area contributed by atoms with Gasteiger partial charge in [-0.15, -0.1) is 11.3 Å². The molecule has 10 rings (SSSR count). The molecule has 0 bridgehead atoms. The molecule has 0 fully saturated rings. The Bertz CT molecular complexity index is 2860. The number of rotatable bonds is 4. The first-order chi connectivity index (χ1) is 23.7. The van der Waals surface area contributed by atoms with Gasteiger partial charge in [0.2, 0.25) is 0 Å². The van der Waals surface area contributed by atoms with E-state index in [0.717, 1.165) is 50.1 Å². The first kappa shape index (κ1) is 27.2. The zero-order valence-corrected chi connectivity index (χ0v) is 27.1. The molecule has 2 nitrogen and oxygen atoms in total. The fourth-order valence-corrected chi connectivity index (χ4v) is 8.85. The van der Waals surface area contributed by atoms with Crippen molar-refractivity contribution in [2.24, 2.45) is 0 Å². The van der Waals surface area contributed by atoms with Gasteiger partial charge in [0.1, 0.15) is 5.58 Å². The number of benzene rings is 8. The summed E-state index contributed by atoms with van der Waals surface area (Å²) in [4.78, 5) is 2.42. The van der Waals surface area contributed by atoms with Crippen LogP contribution in [-0.4, -0.2) is 0 Å². The van der Waals surface area contributed by atoms with Crippen LogP contribution in [0.15, 0.2) is 162 Å². The van der Waals surface area contributed by atoms with Gasteiger partial charge in [-0.2, -0.15) is 0 Å². The van der Waals surface area contributed by atoms with Crippen LogP contribution < -0.4 is 4.90 Å². The second-order valence-electron chi connectivity index (χ2n) is 12.5. The third kappa shape index (κ3) is 3.98. The van der Waals surface area contributed by atoms with Gasteiger partial charge in [0.15, 0.2) is 5.58 Å². The highest BCUT2D eigenvalue weighted by atomic mass is 32.1. The molecule has 0 spiro atoms. The van der Waals surface area contributed by atoms with Crippen molar-refractivity contribution in [3.63, 3.8) is 0 Å². The van der Waals surface area contributed by atoms with Crippen molar-refractivity contribution >= 4 is 92.1 Å². The Morgan fingerprint density at radius 2 is 1.15 bits per heavy atom. The molecule has 10 aromatic rings. The minimum Gasteiger partial charge on any atom is -0.453 e. The van der Waals surface area contributed by atoms with E-state index in [1.54, 1.807) is 0 Å². The van der Waals surface area contributed by atoms with E-state index in [4.69, 9.17) is 4.42 Å². The highest BCUT2D eigenvalue weighted by Crippen LogP contribution is 2.50. The number of aryl methyl sites for hydroxylation is 1. The summed E-state index contributed by atoms with van der Waals surface area (Å²) >= 11 is 1.89. The van der Waals surface area contributed by atoms with Crippen LogP contribution in [0.2, 0.25) is 0 Å². The van der Waals surface area contributed by atoms with Crippen molar-refractivity contribution in [1.82, 2.24) is 0 Å². The number of hydrogen-bond donors (Lipinski definition) is 0. The van der Waals surface area contributed by atoms with Gasteiger partial charge in [-0.25, -0.2) is 0 Å².